The lowest BCUT2D eigenvalue weighted by molar-refractivity contribution is -0.145. The van der Waals surface area contributed by atoms with Crippen molar-refractivity contribution in [3.05, 3.63) is 71.4 Å². The minimum Gasteiger partial charge on any atom is -0.493 e. The van der Waals surface area contributed by atoms with Crippen molar-refractivity contribution in [3.63, 3.8) is 0 Å². The number of esters is 2. The van der Waals surface area contributed by atoms with E-state index in [9.17, 15) is 9.59 Å². The van der Waals surface area contributed by atoms with Crippen molar-refractivity contribution in [2.45, 2.75) is 26.9 Å². The summed E-state index contributed by atoms with van der Waals surface area (Å²) in [6.07, 6.45) is 0.0934. The Morgan fingerprint density at radius 3 is 2.45 bits per heavy atom. The zero-order chi connectivity index (χ0) is 20.6. The zero-order valence-corrected chi connectivity index (χ0v) is 16.5. The third-order valence-corrected chi connectivity index (χ3v) is 4.39. The van der Waals surface area contributed by atoms with E-state index < -0.39 is 11.9 Å². The maximum Gasteiger partial charge on any atom is 0.340 e. The van der Waals surface area contributed by atoms with Gasteiger partial charge < -0.3 is 14.2 Å². The monoisotopic (exact) mass is 393 g/mol. The van der Waals surface area contributed by atoms with Crippen LogP contribution in [0.2, 0.25) is 0 Å². The van der Waals surface area contributed by atoms with E-state index in [1.165, 1.54) is 0 Å². The molecule has 0 bridgehead atoms. The lowest BCUT2D eigenvalue weighted by Gasteiger charge is -2.14. The van der Waals surface area contributed by atoms with E-state index in [0.29, 0.717) is 17.0 Å². The van der Waals surface area contributed by atoms with Gasteiger partial charge in [0.1, 0.15) is 12.4 Å². The highest BCUT2D eigenvalue weighted by Crippen LogP contribution is 2.24. The molecule has 3 aromatic rings. The van der Waals surface area contributed by atoms with E-state index in [-0.39, 0.29) is 26.2 Å². The van der Waals surface area contributed by atoms with Crippen molar-refractivity contribution >= 4 is 22.8 Å². The quantitative estimate of drug-likeness (QED) is 0.533. The summed E-state index contributed by atoms with van der Waals surface area (Å²) in [6.45, 7) is 3.94. The average Bonchev–Trinajstić information content (AvgIpc) is 2.73. The van der Waals surface area contributed by atoms with Gasteiger partial charge in [-0.1, -0.05) is 36.4 Å². The average molecular weight is 393 g/mol. The van der Waals surface area contributed by atoms with Gasteiger partial charge in [-0.3, -0.25) is 4.79 Å². The predicted molar refractivity (Wildman–Crippen MR) is 109 cm³/mol. The van der Waals surface area contributed by atoms with Crippen LogP contribution in [0.3, 0.4) is 0 Å². The first-order valence-corrected chi connectivity index (χ1v) is 9.49. The smallest absolute Gasteiger partial charge is 0.340 e. The van der Waals surface area contributed by atoms with E-state index in [2.05, 4.69) is 4.98 Å². The van der Waals surface area contributed by atoms with E-state index >= 15 is 0 Å². The van der Waals surface area contributed by atoms with Gasteiger partial charge in [-0.2, -0.15) is 0 Å². The zero-order valence-electron chi connectivity index (χ0n) is 16.5. The van der Waals surface area contributed by atoms with Crippen molar-refractivity contribution in [2.24, 2.45) is 0 Å². The fraction of sp³-hybridized carbons (Fsp3) is 0.261. The Labute approximate surface area is 169 Å². The molecule has 0 fully saturated rings. The van der Waals surface area contributed by atoms with Crippen LogP contribution in [-0.4, -0.2) is 30.1 Å². The van der Waals surface area contributed by atoms with Gasteiger partial charge in [-0.25, -0.2) is 9.78 Å². The number of aromatic nitrogens is 1. The van der Waals surface area contributed by atoms with Crippen molar-refractivity contribution in [1.82, 2.24) is 4.98 Å². The number of nitrogens with zero attached hydrogens (tertiary/aromatic N) is 1. The van der Waals surface area contributed by atoms with E-state index in [0.717, 1.165) is 16.5 Å². The molecule has 150 valence electrons. The van der Waals surface area contributed by atoms with Gasteiger partial charge in [0, 0.05) is 5.39 Å². The molecule has 0 radical (unpaired) electrons. The van der Waals surface area contributed by atoms with E-state index in [4.69, 9.17) is 14.2 Å². The molecule has 0 amide bonds. The summed E-state index contributed by atoms with van der Waals surface area (Å²) in [5.74, 6) is -0.207. The van der Waals surface area contributed by atoms with Crippen molar-refractivity contribution in [2.75, 3.05) is 13.2 Å². The molecule has 6 nitrogen and oxygen atoms in total. The Morgan fingerprint density at radius 2 is 1.69 bits per heavy atom. The summed E-state index contributed by atoms with van der Waals surface area (Å²) in [4.78, 5) is 29.1. The first-order chi connectivity index (χ1) is 14.1. The minimum atomic E-state index is -0.471. The van der Waals surface area contributed by atoms with E-state index in [1.807, 2.05) is 61.5 Å². The van der Waals surface area contributed by atoms with Crippen LogP contribution in [-0.2, 0) is 20.9 Å². The van der Waals surface area contributed by atoms with E-state index in [1.54, 1.807) is 6.92 Å². The number of benzene rings is 2. The van der Waals surface area contributed by atoms with Crippen LogP contribution >= 0.6 is 0 Å². The topological polar surface area (TPSA) is 74.7 Å². The molecule has 29 heavy (non-hydrogen) atoms. The summed E-state index contributed by atoms with van der Waals surface area (Å²) in [5, 5.41) is 0.863. The molecule has 1 aromatic heterocycles. The van der Waals surface area contributed by atoms with Crippen LogP contribution in [0.25, 0.3) is 10.9 Å². The summed E-state index contributed by atoms with van der Waals surface area (Å²) in [7, 11) is 0. The first kappa shape index (κ1) is 20.3. The normalized spacial score (nSPS) is 10.6. The number of hydrogen-bond acceptors (Lipinski definition) is 6. The molecule has 3 rings (SSSR count). The molecule has 0 aliphatic carbocycles. The predicted octanol–water partition coefficient (Wildman–Crippen LogP) is 4.23. The molecule has 0 aliphatic heterocycles. The van der Waals surface area contributed by atoms with Crippen LogP contribution < -0.4 is 4.74 Å². The molecule has 0 saturated heterocycles. The second-order valence-electron chi connectivity index (χ2n) is 6.37. The van der Waals surface area contributed by atoms with Crippen LogP contribution in [0.1, 0.15) is 35.0 Å². The molecule has 0 saturated carbocycles. The number of ether oxygens (including phenoxy) is 3. The summed E-state index contributed by atoms with van der Waals surface area (Å²) in [6, 6.07) is 16.8. The molecule has 6 heteroatoms. The van der Waals surface area contributed by atoms with Crippen molar-refractivity contribution < 1.29 is 23.8 Å². The molecule has 0 aliphatic rings. The van der Waals surface area contributed by atoms with Gasteiger partial charge in [0.2, 0.25) is 0 Å². The second kappa shape index (κ2) is 9.68. The Balaban J connectivity index is 1.70. The maximum absolute atomic E-state index is 12.5. The van der Waals surface area contributed by atoms with Gasteiger partial charge in [-0.15, -0.1) is 0 Å². The van der Waals surface area contributed by atoms with Crippen LogP contribution in [0.5, 0.6) is 5.75 Å². The largest absolute Gasteiger partial charge is 0.493 e. The number of para-hydroxylation sites is 2. The second-order valence-corrected chi connectivity index (χ2v) is 6.37. The maximum atomic E-state index is 12.5. The fourth-order valence-corrected chi connectivity index (χ4v) is 3.01. The van der Waals surface area contributed by atoms with Crippen LogP contribution in [0.15, 0.2) is 54.6 Å². The van der Waals surface area contributed by atoms with Crippen LogP contribution in [0.4, 0.5) is 0 Å². The number of aryl methyl sites for hydroxylation is 1. The highest BCUT2D eigenvalue weighted by molar-refractivity contribution is 5.98. The fourth-order valence-electron chi connectivity index (χ4n) is 3.01. The number of rotatable bonds is 8. The summed E-state index contributed by atoms with van der Waals surface area (Å²) >= 11 is 0. The Morgan fingerprint density at radius 1 is 0.966 bits per heavy atom. The molecule has 0 atom stereocenters. The number of hydrogen-bond donors (Lipinski definition) is 0. The molecule has 0 spiro atoms. The lowest BCUT2D eigenvalue weighted by Crippen LogP contribution is -2.16. The number of fused-ring (bicyclic) bond motifs is 1. The Hall–Kier alpha value is -3.41. The van der Waals surface area contributed by atoms with Crippen LogP contribution in [0, 0.1) is 6.92 Å². The SMILES string of the molecule is CCOC(=O)c1c(COC(=O)CCOc2ccccc2)nc2ccccc2c1C. The third-order valence-electron chi connectivity index (χ3n) is 4.39. The molecule has 0 N–H and O–H groups in total. The highest BCUT2D eigenvalue weighted by Gasteiger charge is 2.21. The number of pyridine rings is 1. The molecule has 0 unspecified atom stereocenters. The minimum absolute atomic E-state index is 0.0934. The van der Waals surface area contributed by atoms with Gasteiger partial charge in [-0.05, 0) is 37.6 Å². The number of carbonyl (C=O) groups excluding carboxylic acids is 2. The van der Waals surface area contributed by atoms with Gasteiger partial charge in [0.15, 0.2) is 0 Å². The highest BCUT2D eigenvalue weighted by atomic mass is 16.5. The molecule has 1 heterocycles. The van der Waals surface area contributed by atoms with Crippen molar-refractivity contribution in [1.29, 1.82) is 0 Å². The summed E-state index contributed by atoms with van der Waals surface area (Å²) < 4.78 is 16.0. The third kappa shape index (κ3) is 5.10. The Bertz CT molecular complexity index is 1000. The first-order valence-electron chi connectivity index (χ1n) is 9.49. The van der Waals surface area contributed by atoms with Gasteiger partial charge in [0.25, 0.3) is 0 Å². The Kier molecular flexibility index (Phi) is 6.79. The summed E-state index contributed by atoms with van der Waals surface area (Å²) in [5.41, 5.74) is 2.22. The van der Waals surface area contributed by atoms with Crippen molar-refractivity contribution in [3.8, 4) is 5.75 Å². The van der Waals surface area contributed by atoms with Gasteiger partial charge >= 0.3 is 11.9 Å². The molecule has 2 aromatic carbocycles. The number of carbonyl (C=O) groups is 2. The standard InChI is InChI=1S/C23H23NO5/c1-3-27-23(26)22-16(2)18-11-7-8-12-19(18)24-20(22)15-29-21(25)13-14-28-17-9-5-4-6-10-17/h4-12H,3,13-15H2,1-2H3. The molecular formula is C23H23NO5. The molecular weight excluding hydrogens is 370 g/mol. The van der Waals surface area contributed by atoms with Gasteiger partial charge in [0.05, 0.1) is 36.4 Å². The lowest BCUT2D eigenvalue weighted by atomic mass is 10.0.